The number of hydrogen-bond acceptors (Lipinski definition) is 5. The fourth-order valence-electron chi connectivity index (χ4n) is 4.61. The first-order valence-corrected chi connectivity index (χ1v) is 10.8. The second-order valence-electron chi connectivity index (χ2n) is 7.95. The van der Waals surface area contributed by atoms with E-state index in [4.69, 9.17) is 21.3 Å². The molecular formula is C21H23ClN4OS. The van der Waals surface area contributed by atoms with Crippen molar-refractivity contribution in [2.75, 3.05) is 13.7 Å². The van der Waals surface area contributed by atoms with Crippen LogP contribution in [0, 0.1) is 18.8 Å². The summed E-state index contributed by atoms with van der Waals surface area (Å²) in [6.45, 7) is 7.16. The zero-order valence-electron chi connectivity index (χ0n) is 16.4. The minimum atomic E-state index is -0.342. The molecule has 5 nitrogen and oxygen atoms in total. The minimum Gasteiger partial charge on any atom is -0.384 e. The van der Waals surface area contributed by atoms with E-state index in [-0.39, 0.29) is 16.8 Å². The van der Waals surface area contributed by atoms with Crippen LogP contribution in [-0.2, 0) is 10.3 Å². The first-order chi connectivity index (χ1) is 13.5. The van der Waals surface area contributed by atoms with E-state index >= 15 is 0 Å². The lowest BCUT2D eigenvalue weighted by Gasteiger charge is -2.23. The zero-order valence-corrected chi connectivity index (χ0v) is 18.0. The Bertz CT molecular complexity index is 1010. The number of allylic oxidation sites excluding steroid dienone is 2. The highest BCUT2D eigenvalue weighted by Gasteiger charge is 2.62. The fourth-order valence-corrected chi connectivity index (χ4v) is 6.24. The lowest BCUT2D eigenvalue weighted by atomic mass is 9.90. The fraction of sp³-hybridized carbons (Fsp3) is 0.476. The average Bonchev–Trinajstić information content (AvgIpc) is 3.12. The van der Waals surface area contributed by atoms with Crippen molar-refractivity contribution in [2.24, 2.45) is 16.8 Å². The molecule has 4 atom stereocenters. The highest BCUT2D eigenvalue weighted by molar-refractivity contribution is 8.03. The highest BCUT2D eigenvalue weighted by atomic mass is 35.5. The molecule has 146 valence electrons. The smallest absolute Gasteiger partial charge is 0.162 e. The number of benzene rings is 1. The van der Waals surface area contributed by atoms with E-state index in [0.717, 1.165) is 34.4 Å². The third kappa shape index (κ3) is 2.54. The van der Waals surface area contributed by atoms with Gasteiger partial charge in [-0.2, -0.15) is 0 Å². The summed E-state index contributed by atoms with van der Waals surface area (Å²) in [5.74, 6) is 2.47. The number of nitrogens with zero attached hydrogens (tertiary/aromatic N) is 4. The number of halogens is 1. The first kappa shape index (κ1) is 18.4. The van der Waals surface area contributed by atoms with Gasteiger partial charge in [0.05, 0.1) is 23.6 Å². The number of hydrogen-bond donors (Lipinski definition) is 0. The van der Waals surface area contributed by atoms with E-state index in [0.29, 0.717) is 12.5 Å². The van der Waals surface area contributed by atoms with E-state index in [1.807, 2.05) is 30.8 Å². The summed E-state index contributed by atoms with van der Waals surface area (Å²) in [5, 5.41) is 10.00. The van der Waals surface area contributed by atoms with Crippen LogP contribution in [0.5, 0.6) is 0 Å². The summed E-state index contributed by atoms with van der Waals surface area (Å²) in [7, 11) is 1.75. The van der Waals surface area contributed by atoms with E-state index < -0.39 is 0 Å². The Morgan fingerprint density at radius 3 is 2.68 bits per heavy atom. The van der Waals surface area contributed by atoms with Gasteiger partial charge in [-0.15, -0.1) is 22.0 Å². The van der Waals surface area contributed by atoms with Gasteiger partial charge in [-0.1, -0.05) is 29.3 Å². The maximum Gasteiger partial charge on any atom is 0.162 e. The first-order valence-electron chi connectivity index (χ1n) is 9.57. The number of fused-ring (bicyclic) bond motifs is 4. The number of ether oxygens (including phenoxy) is 1. The molecule has 3 aliphatic rings. The van der Waals surface area contributed by atoms with Gasteiger partial charge in [-0.3, -0.25) is 9.56 Å². The number of methoxy groups -OCH3 is 1. The molecule has 7 heteroatoms. The van der Waals surface area contributed by atoms with Crippen LogP contribution < -0.4 is 0 Å². The van der Waals surface area contributed by atoms with Gasteiger partial charge >= 0.3 is 0 Å². The molecule has 3 heterocycles. The van der Waals surface area contributed by atoms with Gasteiger partial charge in [-0.25, -0.2) is 0 Å². The van der Waals surface area contributed by atoms with Gasteiger partial charge in [0.15, 0.2) is 5.82 Å². The molecule has 0 saturated heterocycles. The maximum atomic E-state index is 6.16. The Labute approximate surface area is 174 Å². The summed E-state index contributed by atoms with van der Waals surface area (Å²) in [6, 6.07) is 8.07. The molecule has 0 bridgehead atoms. The molecule has 0 N–H and O–H groups in total. The van der Waals surface area contributed by atoms with Crippen LogP contribution in [0.3, 0.4) is 0 Å². The second kappa shape index (κ2) is 6.44. The molecule has 1 spiro atoms. The molecule has 2 aliphatic heterocycles. The van der Waals surface area contributed by atoms with Gasteiger partial charge in [0.1, 0.15) is 11.4 Å². The largest absolute Gasteiger partial charge is 0.384 e. The summed E-state index contributed by atoms with van der Waals surface area (Å²) >= 11 is 8.06. The van der Waals surface area contributed by atoms with E-state index in [1.165, 1.54) is 10.5 Å². The third-order valence-electron chi connectivity index (χ3n) is 6.31. The van der Waals surface area contributed by atoms with Crippen LogP contribution in [0.25, 0.3) is 0 Å². The molecule has 2 aromatic rings. The third-order valence-corrected chi connectivity index (χ3v) is 7.96. The quantitative estimate of drug-likeness (QED) is 0.726. The van der Waals surface area contributed by atoms with Crippen LogP contribution in [0.2, 0.25) is 5.02 Å². The van der Waals surface area contributed by atoms with Gasteiger partial charge in [0.25, 0.3) is 0 Å². The Morgan fingerprint density at radius 1 is 1.21 bits per heavy atom. The van der Waals surface area contributed by atoms with Crippen molar-refractivity contribution in [3.8, 4) is 0 Å². The van der Waals surface area contributed by atoms with Crippen LogP contribution in [0.1, 0.15) is 42.9 Å². The predicted molar refractivity (Wildman–Crippen MR) is 113 cm³/mol. The monoisotopic (exact) mass is 414 g/mol. The molecule has 1 aromatic carbocycles. The summed E-state index contributed by atoms with van der Waals surface area (Å²) in [6.07, 6.45) is 0.946. The van der Waals surface area contributed by atoms with E-state index in [1.54, 1.807) is 7.11 Å². The normalized spacial score (nSPS) is 30.9. The summed E-state index contributed by atoms with van der Waals surface area (Å²) in [4.78, 5) is 6.78. The van der Waals surface area contributed by atoms with Crippen LogP contribution in [0.15, 0.2) is 39.7 Å². The van der Waals surface area contributed by atoms with Gasteiger partial charge in [0, 0.05) is 18.1 Å². The van der Waals surface area contributed by atoms with Crippen molar-refractivity contribution in [3.63, 3.8) is 0 Å². The van der Waals surface area contributed by atoms with Crippen molar-refractivity contribution < 1.29 is 4.74 Å². The van der Waals surface area contributed by atoms with Crippen molar-refractivity contribution in [1.29, 1.82) is 0 Å². The van der Waals surface area contributed by atoms with Crippen LogP contribution in [0.4, 0.5) is 0 Å². The summed E-state index contributed by atoms with van der Waals surface area (Å²) < 4.78 is 7.82. The number of aliphatic imine (C=N–C) groups is 1. The van der Waals surface area contributed by atoms with E-state index in [2.05, 4.69) is 40.7 Å². The molecule has 28 heavy (non-hydrogen) atoms. The topological polar surface area (TPSA) is 52.3 Å². The number of aryl methyl sites for hydroxylation is 1. The summed E-state index contributed by atoms with van der Waals surface area (Å²) in [5.41, 5.74) is 3.30. The SMILES string of the molecule is COC[C@@H]1C[C@]12N=C(c1ccc(Cl)cc1)C1C(C)=C(C)SC1n1c(C)nnc12. The standard InChI is InChI=1S/C21H23ClN4OS/c1-11-12(2)28-19-17(11)18(14-5-7-16(22)8-6-14)23-21(9-15(21)10-27-4)20-25-24-13(3)26(19)20/h5-8,15,17,19H,9-10H2,1-4H3/t15-,17?,19?,21-/m0/s1. The molecule has 2 unspecified atom stereocenters. The zero-order chi connectivity index (χ0) is 19.6. The van der Waals surface area contributed by atoms with Crippen LogP contribution >= 0.6 is 23.4 Å². The van der Waals surface area contributed by atoms with Crippen molar-refractivity contribution in [2.45, 2.75) is 38.1 Å². The predicted octanol–water partition coefficient (Wildman–Crippen LogP) is 4.76. The Balaban J connectivity index is 1.74. The molecule has 1 aromatic heterocycles. The average molecular weight is 415 g/mol. The van der Waals surface area contributed by atoms with Gasteiger partial charge in [-0.05, 0) is 49.8 Å². The molecule has 0 radical (unpaired) electrons. The molecule has 0 amide bonds. The van der Waals surface area contributed by atoms with Crippen molar-refractivity contribution in [3.05, 3.63) is 57.0 Å². The molecule has 1 saturated carbocycles. The molecule has 1 aliphatic carbocycles. The van der Waals surface area contributed by atoms with Crippen LogP contribution in [-0.4, -0.2) is 34.2 Å². The minimum absolute atomic E-state index is 0.197. The number of aromatic nitrogens is 3. The lowest BCUT2D eigenvalue weighted by Crippen LogP contribution is -2.23. The van der Waals surface area contributed by atoms with Crippen molar-refractivity contribution in [1.82, 2.24) is 14.8 Å². The Morgan fingerprint density at radius 2 is 1.96 bits per heavy atom. The second-order valence-corrected chi connectivity index (χ2v) is 9.72. The highest BCUT2D eigenvalue weighted by Crippen LogP contribution is 2.61. The maximum absolute atomic E-state index is 6.16. The Hall–Kier alpha value is -1.63. The molecular weight excluding hydrogens is 392 g/mol. The lowest BCUT2D eigenvalue weighted by molar-refractivity contribution is 0.177. The molecule has 5 rings (SSSR count). The Kier molecular flexibility index (Phi) is 4.23. The molecule has 1 fully saturated rings. The number of thioether (sulfide) groups is 1. The number of rotatable bonds is 3. The van der Waals surface area contributed by atoms with E-state index in [9.17, 15) is 0 Å². The van der Waals surface area contributed by atoms with Gasteiger partial charge in [0.2, 0.25) is 0 Å². The van der Waals surface area contributed by atoms with Crippen molar-refractivity contribution >= 4 is 29.1 Å². The van der Waals surface area contributed by atoms with Gasteiger partial charge < -0.3 is 4.74 Å².